The molecule has 0 amide bonds. The first kappa shape index (κ1) is 12.2. The number of hydrogen-bond acceptors (Lipinski definition) is 4. The Labute approximate surface area is 111 Å². The zero-order chi connectivity index (χ0) is 13.2. The molecule has 1 aromatic heterocycles. The predicted octanol–water partition coefficient (Wildman–Crippen LogP) is 0.826. The Hall–Kier alpha value is -1.88. The standard InChI is InChI=1S/C14H18N4O/c1-2-18-13(19)11-5-3-4-6-12(11)16-14(18)17-9-7-15-8-10-17/h3-6,15H,2,7-10H2,1H3. The summed E-state index contributed by atoms with van der Waals surface area (Å²) in [4.78, 5) is 19.4. The monoisotopic (exact) mass is 258 g/mol. The van der Waals surface area contributed by atoms with Gasteiger partial charge in [0.05, 0.1) is 10.9 Å². The van der Waals surface area contributed by atoms with E-state index in [1.54, 1.807) is 4.57 Å². The number of fused-ring (bicyclic) bond motifs is 1. The van der Waals surface area contributed by atoms with Gasteiger partial charge in [-0.05, 0) is 19.1 Å². The summed E-state index contributed by atoms with van der Waals surface area (Å²) in [5.41, 5.74) is 0.840. The second kappa shape index (κ2) is 5.01. The van der Waals surface area contributed by atoms with Crippen LogP contribution in [-0.4, -0.2) is 35.7 Å². The molecule has 3 rings (SSSR count). The third-order valence-corrected chi connectivity index (χ3v) is 3.56. The highest BCUT2D eigenvalue weighted by Crippen LogP contribution is 2.15. The molecule has 2 aromatic rings. The van der Waals surface area contributed by atoms with Gasteiger partial charge in [0, 0.05) is 32.7 Å². The normalized spacial score (nSPS) is 15.9. The highest BCUT2D eigenvalue weighted by molar-refractivity contribution is 5.78. The molecule has 5 nitrogen and oxygen atoms in total. The van der Waals surface area contributed by atoms with Crippen molar-refractivity contribution in [3.8, 4) is 0 Å². The SMILES string of the molecule is CCn1c(N2CCNCC2)nc2ccccc2c1=O. The highest BCUT2D eigenvalue weighted by Gasteiger charge is 2.17. The summed E-state index contributed by atoms with van der Waals surface area (Å²) in [6, 6.07) is 7.56. The van der Waals surface area contributed by atoms with Crippen LogP contribution in [0.1, 0.15) is 6.92 Å². The molecule has 0 radical (unpaired) electrons. The molecule has 1 aliphatic heterocycles. The van der Waals surface area contributed by atoms with Gasteiger partial charge in [0.1, 0.15) is 0 Å². The molecule has 1 aliphatic rings. The fraction of sp³-hybridized carbons (Fsp3) is 0.429. The molecule has 0 aliphatic carbocycles. The largest absolute Gasteiger partial charge is 0.340 e. The molecule has 1 N–H and O–H groups in total. The lowest BCUT2D eigenvalue weighted by Crippen LogP contribution is -2.46. The summed E-state index contributed by atoms with van der Waals surface area (Å²) >= 11 is 0. The number of benzene rings is 1. The fourth-order valence-electron chi connectivity index (χ4n) is 2.55. The number of nitrogens with zero attached hydrogens (tertiary/aromatic N) is 3. The van der Waals surface area contributed by atoms with Crippen LogP contribution in [0.25, 0.3) is 10.9 Å². The zero-order valence-corrected chi connectivity index (χ0v) is 11.1. The number of aromatic nitrogens is 2. The molecule has 19 heavy (non-hydrogen) atoms. The smallest absolute Gasteiger partial charge is 0.262 e. The van der Waals surface area contributed by atoms with Crippen molar-refractivity contribution in [1.29, 1.82) is 0 Å². The van der Waals surface area contributed by atoms with E-state index in [-0.39, 0.29) is 5.56 Å². The van der Waals surface area contributed by atoms with Gasteiger partial charge < -0.3 is 10.2 Å². The molecular formula is C14H18N4O. The van der Waals surface area contributed by atoms with Gasteiger partial charge in [0.25, 0.3) is 5.56 Å². The number of piperazine rings is 1. The second-order valence-corrected chi connectivity index (χ2v) is 4.72. The van der Waals surface area contributed by atoms with Crippen molar-refractivity contribution in [2.75, 3.05) is 31.1 Å². The van der Waals surface area contributed by atoms with E-state index in [1.165, 1.54) is 0 Å². The molecule has 2 heterocycles. The maximum Gasteiger partial charge on any atom is 0.262 e. The Morgan fingerprint density at radius 3 is 2.74 bits per heavy atom. The van der Waals surface area contributed by atoms with Crippen molar-refractivity contribution in [3.05, 3.63) is 34.6 Å². The van der Waals surface area contributed by atoms with Crippen LogP contribution in [0.3, 0.4) is 0 Å². The number of para-hydroxylation sites is 1. The maximum atomic E-state index is 12.5. The highest BCUT2D eigenvalue weighted by atomic mass is 16.1. The Bertz CT molecular complexity index is 643. The van der Waals surface area contributed by atoms with Crippen LogP contribution >= 0.6 is 0 Å². The van der Waals surface area contributed by atoms with Gasteiger partial charge in [-0.3, -0.25) is 9.36 Å². The van der Waals surface area contributed by atoms with Crippen molar-refractivity contribution < 1.29 is 0 Å². The van der Waals surface area contributed by atoms with Crippen LogP contribution in [0.4, 0.5) is 5.95 Å². The number of nitrogens with one attached hydrogen (secondary N) is 1. The van der Waals surface area contributed by atoms with Gasteiger partial charge in [0.2, 0.25) is 5.95 Å². The van der Waals surface area contributed by atoms with E-state index < -0.39 is 0 Å². The Morgan fingerprint density at radius 2 is 2.00 bits per heavy atom. The fourth-order valence-corrected chi connectivity index (χ4v) is 2.55. The van der Waals surface area contributed by atoms with Gasteiger partial charge in [0.15, 0.2) is 0 Å². The number of rotatable bonds is 2. The quantitative estimate of drug-likeness (QED) is 0.866. The molecule has 0 bridgehead atoms. The Balaban J connectivity index is 2.19. The molecule has 0 spiro atoms. The molecular weight excluding hydrogens is 240 g/mol. The minimum Gasteiger partial charge on any atom is -0.340 e. The minimum absolute atomic E-state index is 0.0571. The molecule has 1 saturated heterocycles. The van der Waals surface area contributed by atoms with Gasteiger partial charge in [-0.1, -0.05) is 12.1 Å². The number of hydrogen-bond donors (Lipinski definition) is 1. The first-order chi connectivity index (χ1) is 9.31. The average Bonchev–Trinajstić information content (AvgIpc) is 2.48. The lowest BCUT2D eigenvalue weighted by Gasteiger charge is -2.30. The van der Waals surface area contributed by atoms with E-state index in [0.29, 0.717) is 11.9 Å². The average molecular weight is 258 g/mol. The van der Waals surface area contributed by atoms with Crippen molar-refractivity contribution in [2.45, 2.75) is 13.5 Å². The van der Waals surface area contributed by atoms with Gasteiger partial charge in [-0.25, -0.2) is 4.98 Å². The van der Waals surface area contributed by atoms with E-state index in [2.05, 4.69) is 10.2 Å². The third kappa shape index (κ3) is 2.10. The van der Waals surface area contributed by atoms with E-state index >= 15 is 0 Å². The van der Waals surface area contributed by atoms with E-state index in [9.17, 15) is 4.79 Å². The molecule has 1 fully saturated rings. The summed E-state index contributed by atoms with van der Waals surface area (Å²) in [6.07, 6.45) is 0. The van der Waals surface area contributed by atoms with E-state index in [4.69, 9.17) is 4.98 Å². The topological polar surface area (TPSA) is 50.2 Å². The van der Waals surface area contributed by atoms with Crippen LogP contribution in [0.15, 0.2) is 29.1 Å². The van der Waals surface area contributed by atoms with Crippen molar-refractivity contribution >= 4 is 16.9 Å². The summed E-state index contributed by atoms with van der Waals surface area (Å²) < 4.78 is 1.77. The molecule has 0 atom stereocenters. The minimum atomic E-state index is 0.0571. The van der Waals surface area contributed by atoms with Crippen molar-refractivity contribution in [3.63, 3.8) is 0 Å². The van der Waals surface area contributed by atoms with Crippen molar-refractivity contribution in [1.82, 2.24) is 14.9 Å². The van der Waals surface area contributed by atoms with Crippen molar-refractivity contribution in [2.24, 2.45) is 0 Å². The van der Waals surface area contributed by atoms with Gasteiger partial charge in [-0.15, -0.1) is 0 Å². The number of anilines is 1. The summed E-state index contributed by atoms with van der Waals surface area (Å²) in [5, 5.41) is 4.01. The summed E-state index contributed by atoms with van der Waals surface area (Å²) in [7, 11) is 0. The van der Waals surface area contributed by atoms with E-state index in [0.717, 1.165) is 37.6 Å². The maximum absolute atomic E-state index is 12.5. The zero-order valence-electron chi connectivity index (χ0n) is 11.1. The lowest BCUT2D eigenvalue weighted by molar-refractivity contribution is 0.561. The third-order valence-electron chi connectivity index (χ3n) is 3.56. The Kier molecular flexibility index (Phi) is 3.21. The predicted molar refractivity (Wildman–Crippen MR) is 76.8 cm³/mol. The lowest BCUT2D eigenvalue weighted by atomic mass is 10.2. The molecule has 1 aromatic carbocycles. The summed E-state index contributed by atoms with van der Waals surface area (Å²) in [5.74, 6) is 0.799. The first-order valence-electron chi connectivity index (χ1n) is 6.76. The molecule has 0 unspecified atom stereocenters. The van der Waals surface area contributed by atoms with Crippen LogP contribution in [0, 0.1) is 0 Å². The van der Waals surface area contributed by atoms with Crippen LogP contribution in [0.5, 0.6) is 0 Å². The van der Waals surface area contributed by atoms with Crippen LogP contribution < -0.4 is 15.8 Å². The molecule has 100 valence electrons. The summed E-state index contributed by atoms with van der Waals surface area (Å²) in [6.45, 7) is 6.30. The second-order valence-electron chi connectivity index (χ2n) is 4.72. The molecule has 5 heteroatoms. The molecule has 0 saturated carbocycles. The van der Waals surface area contributed by atoms with Gasteiger partial charge in [-0.2, -0.15) is 0 Å². The Morgan fingerprint density at radius 1 is 1.26 bits per heavy atom. The van der Waals surface area contributed by atoms with Crippen LogP contribution in [-0.2, 0) is 6.54 Å². The van der Waals surface area contributed by atoms with E-state index in [1.807, 2.05) is 31.2 Å². The first-order valence-corrected chi connectivity index (χ1v) is 6.76. The van der Waals surface area contributed by atoms with Gasteiger partial charge >= 0.3 is 0 Å². The van der Waals surface area contributed by atoms with Crippen LogP contribution in [0.2, 0.25) is 0 Å².